The third-order valence-electron chi connectivity index (χ3n) is 2.71. The number of methoxy groups -OCH3 is 1. The molecule has 1 unspecified atom stereocenters. The largest absolute Gasteiger partial charge is 0.497 e. The van der Waals surface area contributed by atoms with E-state index in [2.05, 4.69) is 0 Å². The maximum atomic E-state index is 11.4. The summed E-state index contributed by atoms with van der Waals surface area (Å²) < 4.78 is 10.1. The first-order valence-electron chi connectivity index (χ1n) is 5.97. The zero-order valence-electron chi connectivity index (χ0n) is 10.7. The predicted molar refractivity (Wildman–Crippen MR) is 67.1 cm³/mol. The maximum Gasteiger partial charge on any atom is 0.308 e. The lowest BCUT2D eigenvalue weighted by Crippen LogP contribution is -2.15. The van der Waals surface area contributed by atoms with E-state index in [9.17, 15) is 4.79 Å². The Morgan fingerprint density at radius 1 is 1.29 bits per heavy atom. The molecule has 0 radical (unpaired) electrons. The van der Waals surface area contributed by atoms with Crippen LogP contribution in [0.3, 0.4) is 0 Å². The molecule has 17 heavy (non-hydrogen) atoms. The van der Waals surface area contributed by atoms with Crippen LogP contribution in [-0.2, 0) is 16.0 Å². The molecule has 1 aromatic rings. The number of rotatable bonds is 6. The van der Waals surface area contributed by atoms with Crippen molar-refractivity contribution in [3.05, 3.63) is 29.8 Å². The van der Waals surface area contributed by atoms with Crippen LogP contribution in [0.2, 0.25) is 0 Å². The molecule has 1 atom stereocenters. The number of aryl methyl sites for hydroxylation is 1. The molecule has 0 heterocycles. The monoisotopic (exact) mass is 236 g/mol. The van der Waals surface area contributed by atoms with E-state index in [1.54, 1.807) is 7.11 Å². The summed E-state index contributed by atoms with van der Waals surface area (Å²) in [6.45, 7) is 4.18. The van der Waals surface area contributed by atoms with Gasteiger partial charge in [0.15, 0.2) is 0 Å². The van der Waals surface area contributed by atoms with Gasteiger partial charge < -0.3 is 9.47 Å². The highest BCUT2D eigenvalue weighted by atomic mass is 16.5. The van der Waals surface area contributed by atoms with Crippen LogP contribution in [0.4, 0.5) is 0 Å². The van der Waals surface area contributed by atoms with Crippen LogP contribution in [0.25, 0.3) is 0 Å². The summed E-state index contributed by atoms with van der Waals surface area (Å²) in [4.78, 5) is 11.4. The molecule has 0 fully saturated rings. The first-order chi connectivity index (χ1) is 8.17. The predicted octanol–water partition coefficient (Wildman–Crippen LogP) is 2.83. The maximum absolute atomic E-state index is 11.4. The summed E-state index contributed by atoms with van der Waals surface area (Å²) in [5, 5.41) is 0. The molecule has 1 aromatic carbocycles. The van der Waals surface area contributed by atoms with Gasteiger partial charge in [0.25, 0.3) is 0 Å². The van der Waals surface area contributed by atoms with Gasteiger partial charge in [0, 0.05) is 0 Å². The van der Waals surface area contributed by atoms with Gasteiger partial charge in [0.2, 0.25) is 0 Å². The van der Waals surface area contributed by atoms with Crippen molar-refractivity contribution in [2.24, 2.45) is 5.92 Å². The highest BCUT2D eigenvalue weighted by Crippen LogP contribution is 2.15. The number of carbonyl (C=O) groups is 1. The topological polar surface area (TPSA) is 35.5 Å². The van der Waals surface area contributed by atoms with Crippen LogP contribution in [0, 0.1) is 5.92 Å². The molecule has 0 saturated heterocycles. The first-order valence-corrected chi connectivity index (χ1v) is 5.97. The Bertz CT molecular complexity index is 343. The quantitative estimate of drug-likeness (QED) is 0.712. The van der Waals surface area contributed by atoms with E-state index in [0.717, 1.165) is 18.6 Å². The van der Waals surface area contributed by atoms with Crippen LogP contribution < -0.4 is 4.74 Å². The number of hydrogen-bond acceptors (Lipinski definition) is 3. The zero-order chi connectivity index (χ0) is 12.7. The van der Waals surface area contributed by atoms with E-state index in [0.29, 0.717) is 6.61 Å². The second-order valence-corrected chi connectivity index (χ2v) is 4.04. The van der Waals surface area contributed by atoms with Gasteiger partial charge in [-0.3, -0.25) is 4.79 Å². The van der Waals surface area contributed by atoms with Gasteiger partial charge in [-0.15, -0.1) is 0 Å². The Kier molecular flexibility index (Phi) is 5.53. The highest BCUT2D eigenvalue weighted by Gasteiger charge is 2.13. The number of esters is 1. The number of ether oxygens (including phenoxy) is 2. The Hall–Kier alpha value is -1.51. The molecular formula is C14H20O3. The normalized spacial score (nSPS) is 11.9. The molecule has 0 aliphatic carbocycles. The van der Waals surface area contributed by atoms with E-state index in [-0.39, 0.29) is 11.9 Å². The molecular weight excluding hydrogens is 216 g/mol. The van der Waals surface area contributed by atoms with Gasteiger partial charge in [-0.05, 0) is 37.5 Å². The summed E-state index contributed by atoms with van der Waals surface area (Å²) in [6, 6.07) is 7.92. The Morgan fingerprint density at radius 2 is 1.94 bits per heavy atom. The van der Waals surface area contributed by atoms with Gasteiger partial charge >= 0.3 is 5.97 Å². The minimum Gasteiger partial charge on any atom is -0.497 e. The third-order valence-corrected chi connectivity index (χ3v) is 2.71. The van der Waals surface area contributed by atoms with Crippen molar-refractivity contribution in [1.29, 1.82) is 0 Å². The van der Waals surface area contributed by atoms with Crippen molar-refractivity contribution >= 4 is 5.97 Å². The van der Waals surface area contributed by atoms with E-state index in [4.69, 9.17) is 9.47 Å². The Morgan fingerprint density at radius 3 is 2.47 bits per heavy atom. The van der Waals surface area contributed by atoms with Gasteiger partial charge in [0.1, 0.15) is 5.75 Å². The fraction of sp³-hybridized carbons (Fsp3) is 0.500. The standard InChI is InChI=1S/C14H20O3/c1-4-17-14(15)11(2)5-6-12-7-9-13(16-3)10-8-12/h7-11H,4-6H2,1-3H3. The fourth-order valence-electron chi connectivity index (χ4n) is 1.58. The highest BCUT2D eigenvalue weighted by molar-refractivity contribution is 5.71. The molecule has 0 saturated carbocycles. The van der Waals surface area contributed by atoms with Crippen molar-refractivity contribution in [3.63, 3.8) is 0 Å². The lowest BCUT2D eigenvalue weighted by Gasteiger charge is -2.10. The third kappa shape index (κ3) is 4.47. The van der Waals surface area contributed by atoms with E-state index >= 15 is 0 Å². The van der Waals surface area contributed by atoms with E-state index < -0.39 is 0 Å². The van der Waals surface area contributed by atoms with Gasteiger partial charge in [-0.2, -0.15) is 0 Å². The Balaban J connectivity index is 2.41. The Labute approximate surface area is 103 Å². The molecule has 0 aliphatic heterocycles. The smallest absolute Gasteiger partial charge is 0.308 e. The molecule has 0 spiro atoms. The summed E-state index contributed by atoms with van der Waals surface area (Å²) in [5.74, 6) is 0.699. The molecule has 3 nitrogen and oxygen atoms in total. The molecule has 3 heteroatoms. The molecule has 0 aromatic heterocycles. The zero-order valence-corrected chi connectivity index (χ0v) is 10.7. The minimum atomic E-state index is -0.110. The fourth-order valence-corrected chi connectivity index (χ4v) is 1.58. The number of hydrogen-bond donors (Lipinski definition) is 0. The van der Waals surface area contributed by atoms with Gasteiger partial charge in [-0.1, -0.05) is 19.1 Å². The molecule has 0 aliphatic rings. The van der Waals surface area contributed by atoms with Crippen LogP contribution >= 0.6 is 0 Å². The summed E-state index contributed by atoms with van der Waals surface area (Å²) >= 11 is 0. The molecule has 94 valence electrons. The summed E-state index contributed by atoms with van der Waals surface area (Å²) in [7, 11) is 1.65. The van der Waals surface area contributed by atoms with Crippen LogP contribution in [0.1, 0.15) is 25.8 Å². The molecule has 1 rings (SSSR count). The van der Waals surface area contributed by atoms with E-state index in [1.165, 1.54) is 5.56 Å². The molecule has 0 N–H and O–H groups in total. The average Bonchev–Trinajstić information content (AvgIpc) is 2.36. The summed E-state index contributed by atoms with van der Waals surface area (Å²) in [5.41, 5.74) is 1.21. The lowest BCUT2D eigenvalue weighted by molar-refractivity contribution is -0.147. The van der Waals surface area contributed by atoms with Gasteiger partial charge in [-0.25, -0.2) is 0 Å². The lowest BCUT2D eigenvalue weighted by atomic mass is 10.0. The molecule has 0 amide bonds. The van der Waals surface area contributed by atoms with Gasteiger partial charge in [0.05, 0.1) is 19.6 Å². The van der Waals surface area contributed by atoms with Crippen molar-refractivity contribution in [3.8, 4) is 5.75 Å². The average molecular weight is 236 g/mol. The summed E-state index contributed by atoms with van der Waals surface area (Å²) in [6.07, 6.45) is 1.69. The van der Waals surface area contributed by atoms with Crippen LogP contribution in [0.15, 0.2) is 24.3 Å². The van der Waals surface area contributed by atoms with Crippen molar-refractivity contribution in [2.75, 3.05) is 13.7 Å². The first kappa shape index (κ1) is 13.6. The number of carbonyl (C=O) groups excluding carboxylic acids is 1. The van der Waals surface area contributed by atoms with Crippen molar-refractivity contribution in [1.82, 2.24) is 0 Å². The minimum absolute atomic E-state index is 0.0444. The van der Waals surface area contributed by atoms with Crippen molar-refractivity contribution < 1.29 is 14.3 Å². The second kappa shape index (κ2) is 6.94. The second-order valence-electron chi connectivity index (χ2n) is 4.04. The van der Waals surface area contributed by atoms with Crippen molar-refractivity contribution in [2.45, 2.75) is 26.7 Å². The number of benzene rings is 1. The van der Waals surface area contributed by atoms with Crippen LogP contribution in [-0.4, -0.2) is 19.7 Å². The SMILES string of the molecule is CCOC(=O)C(C)CCc1ccc(OC)cc1. The van der Waals surface area contributed by atoms with Crippen LogP contribution in [0.5, 0.6) is 5.75 Å². The van der Waals surface area contributed by atoms with E-state index in [1.807, 2.05) is 38.1 Å². The molecule has 0 bridgehead atoms.